The third kappa shape index (κ3) is 3.30. The normalized spacial score (nSPS) is 27.5. The van der Waals surface area contributed by atoms with Crippen LogP contribution in [0.15, 0.2) is 24.4 Å². The molecule has 0 atom stereocenters. The summed E-state index contributed by atoms with van der Waals surface area (Å²) in [6.45, 7) is 3.50. The highest BCUT2D eigenvalue weighted by atomic mass is 16.3. The van der Waals surface area contributed by atoms with Gasteiger partial charge in [-0.2, -0.15) is 0 Å². The lowest BCUT2D eigenvalue weighted by molar-refractivity contribution is -0.151. The number of pyridine rings is 1. The highest BCUT2D eigenvalue weighted by molar-refractivity contribution is 5.80. The molecule has 134 valence electrons. The Labute approximate surface area is 148 Å². The Morgan fingerprint density at radius 2 is 2.00 bits per heavy atom. The first-order valence-corrected chi connectivity index (χ1v) is 9.33. The van der Waals surface area contributed by atoms with Gasteiger partial charge in [0.1, 0.15) is 5.65 Å². The molecule has 1 N–H and O–H groups in total. The van der Waals surface area contributed by atoms with E-state index in [1.807, 2.05) is 25.1 Å². The molecule has 1 aliphatic carbocycles. The zero-order valence-electron chi connectivity index (χ0n) is 15.1. The lowest BCUT2D eigenvalue weighted by Crippen LogP contribution is -2.51. The Hall–Kier alpha value is -1.88. The highest BCUT2D eigenvalue weighted by Crippen LogP contribution is 2.39. The third-order valence-electron chi connectivity index (χ3n) is 5.92. The van der Waals surface area contributed by atoms with Gasteiger partial charge < -0.3 is 14.6 Å². The zero-order chi connectivity index (χ0) is 17.6. The Balaban J connectivity index is 1.32. The van der Waals surface area contributed by atoms with Gasteiger partial charge in [0, 0.05) is 43.3 Å². The van der Waals surface area contributed by atoms with Crippen LogP contribution in [0.5, 0.6) is 0 Å². The van der Waals surface area contributed by atoms with Crippen molar-refractivity contribution in [3.8, 4) is 0 Å². The van der Waals surface area contributed by atoms with Gasteiger partial charge in [-0.25, -0.2) is 4.98 Å². The van der Waals surface area contributed by atoms with Gasteiger partial charge in [0.15, 0.2) is 0 Å². The molecule has 1 saturated heterocycles. The van der Waals surface area contributed by atoms with E-state index in [1.165, 1.54) is 5.39 Å². The molecule has 0 radical (unpaired) electrons. The van der Waals surface area contributed by atoms with Crippen LogP contribution < -0.4 is 0 Å². The summed E-state index contributed by atoms with van der Waals surface area (Å²) < 4.78 is 2.06. The van der Waals surface area contributed by atoms with E-state index < -0.39 is 5.60 Å². The van der Waals surface area contributed by atoms with E-state index >= 15 is 0 Å². The summed E-state index contributed by atoms with van der Waals surface area (Å²) in [5.41, 5.74) is 1.57. The topological polar surface area (TPSA) is 58.4 Å². The van der Waals surface area contributed by atoms with Gasteiger partial charge in [0.2, 0.25) is 5.91 Å². The standard InChI is InChI=1S/C20H27N3O2/c1-20(25)12-16(13-20)19(24)23-9-5-14(6-10-23)11-17-4-3-15-7-8-22(2)18(15)21-17/h3-4,7-8,14,16,25H,5-6,9-13H2,1-2H3/t16-,20+. The smallest absolute Gasteiger partial charge is 0.225 e. The average Bonchev–Trinajstić information content (AvgIpc) is 2.93. The molecule has 1 amide bonds. The number of amides is 1. The van der Waals surface area contributed by atoms with Crippen molar-refractivity contribution in [2.45, 2.75) is 44.6 Å². The second-order valence-corrected chi connectivity index (χ2v) is 8.22. The van der Waals surface area contributed by atoms with Crippen molar-refractivity contribution in [2.24, 2.45) is 18.9 Å². The van der Waals surface area contributed by atoms with Crippen LogP contribution >= 0.6 is 0 Å². The molecule has 3 heterocycles. The summed E-state index contributed by atoms with van der Waals surface area (Å²) in [4.78, 5) is 19.3. The van der Waals surface area contributed by atoms with E-state index in [4.69, 9.17) is 4.98 Å². The Bertz CT molecular complexity index is 779. The Morgan fingerprint density at radius 3 is 2.68 bits per heavy atom. The van der Waals surface area contributed by atoms with E-state index in [1.54, 1.807) is 0 Å². The van der Waals surface area contributed by atoms with Crippen molar-refractivity contribution in [3.63, 3.8) is 0 Å². The van der Waals surface area contributed by atoms with Crippen LogP contribution in [-0.4, -0.2) is 44.2 Å². The van der Waals surface area contributed by atoms with Gasteiger partial charge in [-0.05, 0) is 63.1 Å². The third-order valence-corrected chi connectivity index (χ3v) is 5.92. The summed E-state index contributed by atoms with van der Waals surface area (Å²) in [6.07, 6.45) is 6.35. The molecule has 25 heavy (non-hydrogen) atoms. The first-order valence-electron chi connectivity index (χ1n) is 9.33. The summed E-state index contributed by atoms with van der Waals surface area (Å²) in [5.74, 6) is 0.875. The highest BCUT2D eigenvalue weighted by Gasteiger charge is 2.44. The SMILES string of the molecule is Cn1ccc2ccc(CC3CCN(C(=O)[C@H]4C[C@@](C)(O)C4)CC3)nc21. The number of fused-ring (bicyclic) bond motifs is 1. The van der Waals surface area contributed by atoms with Crippen molar-refractivity contribution >= 4 is 16.9 Å². The molecule has 4 rings (SSSR count). The lowest BCUT2D eigenvalue weighted by Gasteiger charge is -2.43. The molecule has 1 saturated carbocycles. The Morgan fingerprint density at radius 1 is 1.28 bits per heavy atom. The number of rotatable bonds is 3. The fourth-order valence-corrected chi connectivity index (χ4v) is 4.38. The minimum absolute atomic E-state index is 0.0352. The van der Waals surface area contributed by atoms with Crippen LogP contribution in [0.4, 0.5) is 0 Å². The number of aliphatic hydroxyl groups is 1. The number of aromatic nitrogens is 2. The molecular weight excluding hydrogens is 314 g/mol. The average molecular weight is 341 g/mol. The van der Waals surface area contributed by atoms with Crippen molar-refractivity contribution in [1.29, 1.82) is 0 Å². The molecule has 2 aliphatic rings. The number of likely N-dealkylation sites (tertiary alicyclic amines) is 1. The summed E-state index contributed by atoms with van der Waals surface area (Å²) in [5, 5.41) is 11.0. The number of piperidine rings is 1. The minimum atomic E-state index is -0.625. The van der Waals surface area contributed by atoms with Crippen molar-refractivity contribution in [1.82, 2.24) is 14.5 Å². The molecule has 0 unspecified atom stereocenters. The second-order valence-electron chi connectivity index (χ2n) is 8.22. The van der Waals surface area contributed by atoms with E-state index in [0.717, 1.165) is 43.7 Å². The van der Waals surface area contributed by atoms with Gasteiger partial charge in [-0.1, -0.05) is 0 Å². The first kappa shape index (κ1) is 16.6. The van der Waals surface area contributed by atoms with Crippen LogP contribution in [0.3, 0.4) is 0 Å². The molecule has 5 nitrogen and oxygen atoms in total. The molecule has 1 aliphatic heterocycles. The maximum Gasteiger partial charge on any atom is 0.225 e. The zero-order valence-corrected chi connectivity index (χ0v) is 15.1. The van der Waals surface area contributed by atoms with E-state index in [2.05, 4.69) is 22.8 Å². The Kier molecular flexibility index (Phi) is 4.07. The number of aryl methyl sites for hydroxylation is 1. The fourth-order valence-electron chi connectivity index (χ4n) is 4.38. The maximum absolute atomic E-state index is 12.5. The van der Waals surface area contributed by atoms with Crippen LogP contribution in [-0.2, 0) is 18.3 Å². The summed E-state index contributed by atoms with van der Waals surface area (Å²) in [6, 6.07) is 6.38. The molecule has 2 fully saturated rings. The molecule has 0 spiro atoms. The molecule has 2 aromatic rings. The number of carbonyl (C=O) groups is 1. The molecular formula is C20H27N3O2. The maximum atomic E-state index is 12.5. The second kappa shape index (κ2) is 6.13. The predicted molar refractivity (Wildman–Crippen MR) is 97.1 cm³/mol. The van der Waals surface area contributed by atoms with Gasteiger partial charge in [-0.15, -0.1) is 0 Å². The van der Waals surface area contributed by atoms with Gasteiger partial charge in [0.05, 0.1) is 5.60 Å². The monoisotopic (exact) mass is 341 g/mol. The molecule has 5 heteroatoms. The predicted octanol–water partition coefficient (Wildman–Crippen LogP) is 2.52. The quantitative estimate of drug-likeness (QED) is 0.933. The molecule has 2 aromatic heterocycles. The van der Waals surface area contributed by atoms with Crippen LogP contribution in [0.1, 0.15) is 38.3 Å². The molecule has 0 bridgehead atoms. The van der Waals surface area contributed by atoms with E-state index in [0.29, 0.717) is 18.8 Å². The lowest BCUT2D eigenvalue weighted by atomic mass is 9.71. The summed E-state index contributed by atoms with van der Waals surface area (Å²) >= 11 is 0. The van der Waals surface area contributed by atoms with Crippen LogP contribution in [0.2, 0.25) is 0 Å². The number of hydrogen-bond acceptors (Lipinski definition) is 3. The van der Waals surface area contributed by atoms with Gasteiger partial charge >= 0.3 is 0 Å². The van der Waals surface area contributed by atoms with Crippen molar-refractivity contribution in [2.75, 3.05) is 13.1 Å². The van der Waals surface area contributed by atoms with Gasteiger partial charge in [-0.3, -0.25) is 4.79 Å². The first-order chi connectivity index (χ1) is 11.9. The van der Waals surface area contributed by atoms with Crippen LogP contribution in [0.25, 0.3) is 11.0 Å². The number of carbonyl (C=O) groups excluding carboxylic acids is 1. The summed E-state index contributed by atoms with van der Waals surface area (Å²) in [7, 11) is 2.03. The van der Waals surface area contributed by atoms with Crippen molar-refractivity contribution < 1.29 is 9.90 Å². The van der Waals surface area contributed by atoms with Gasteiger partial charge in [0.25, 0.3) is 0 Å². The number of nitrogens with zero attached hydrogens (tertiary/aromatic N) is 3. The molecule has 0 aromatic carbocycles. The largest absolute Gasteiger partial charge is 0.390 e. The van der Waals surface area contributed by atoms with E-state index in [-0.39, 0.29) is 11.8 Å². The van der Waals surface area contributed by atoms with E-state index in [9.17, 15) is 9.90 Å². The van der Waals surface area contributed by atoms with Crippen LogP contribution in [0, 0.1) is 11.8 Å². The minimum Gasteiger partial charge on any atom is -0.390 e. The van der Waals surface area contributed by atoms with Crippen molar-refractivity contribution in [3.05, 3.63) is 30.1 Å². The fraction of sp³-hybridized carbons (Fsp3) is 0.600. The number of hydrogen-bond donors (Lipinski definition) is 1.